The highest BCUT2D eigenvalue weighted by molar-refractivity contribution is 5.85. The Kier molecular flexibility index (Phi) is 4.57. The van der Waals surface area contributed by atoms with Gasteiger partial charge in [-0.05, 0) is 53.9 Å². The summed E-state index contributed by atoms with van der Waals surface area (Å²) in [5.41, 5.74) is 6.72. The maximum absolute atomic E-state index is 4.85. The number of aromatic nitrogens is 1. The minimum absolute atomic E-state index is 0.733. The number of benzene rings is 3. The Morgan fingerprint density at radius 3 is 2.31 bits per heavy atom. The number of aliphatic imine (C=N–C) groups is 1. The molecule has 0 unspecified atom stereocenters. The van der Waals surface area contributed by atoms with Crippen molar-refractivity contribution < 1.29 is 0 Å². The third kappa shape index (κ3) is 3.55. The van der Waals surface area contributed by atoms with E-state index in [2.05, 4.69) is 60.4 Å². The zero-order chi connectivity index (χ0) is 17.8. The van der Waals surface area contributed by atoms with Crippen molar-refractivity contribution in [3.63, 3.8) is 0 Å². The van der Waals surface area contributed by atoms with Gasteiger partial charge in [-0.15, -0.1) is 0 Å². The minimum atomic E-state index is 0.733. The van der Waals surface area contributed by atoms with Crippen molar-refractivity contribution in [1.29, 1.82) is 0 Å². The van der Waals surface area contributed by atoms with E-state index in [9.17, 15) is 0 Å². The van der Waals surface area contributed by atoms with E-state index < -0.39 is 0 Å². The smallest absolute Gasteiger partial charge is 0.0706 e. The second-order valence-corrected chi connectivity index (χ2v) is 6.38. The molecule has 0 saturated heterocycles. The van der Waals surface area contributed by atoms with Gasteiger partial charge < -0.3 is 0 Å². The average Bonchev–Trinajstić information content (AvgIpc) is 2.69. The molecule has 0 aliphatic rings. The molecule has 26 heavy (non-hydrogen) atoms. The molecule has 0 bridgehead atoms. The monoisotopic (exact) mass is 336 g/mol. The summed E-state index contributed by atoms with van der Waals surface area (Å²) >= 11 is 0. The molecule has 2 nitrogen and oxygen atoms in total. The second kappa shape index (κ2) is 7.32. The van der Waals surface area contributed by atoms with Crippen LogP contribution in [-0.2, 0) is 6.42 Å². The molecule has 4 aromatic rings. The number of aryl methyl sites for hydroxylation is 1. The molecule has 1 heterocycles. The topological polar surface area (TPSA) is 25.2 Å². The lowest BCUT2D eigenvalue weighted by Gasteiger charge is -2.08. The van der Waals surface area contributed by atoms with E-state index in [1.165, 1.54) is 22.1 Å². The van der Waals surface area contributed by atoms with E-state index in [4.69, 9.17) is 4.98 Å². The number of fused-ring (bicyclic) bond motifs is 1. The first-order chi connectivity index (χ1) is 12.8. The van der Waals surface area contributed by atoms with E-state index in [1.807, 2.05) is 42.6 Å². The van der Waals surface area contributed by atoms with Crippen molar-refractivity contribution in [2.75, 3.05) is 0 Å². The van der Waals surface area contributed by atoms with Crippen LogP contribution in [-0.4, -0.2) is 11.2 Å². The summed E-state index contributed by atoms with van der Waals surface area (Å²) in [7, 11) is 0. The standard InChI is InChI=1S/C24H20N2/c1-18-16-21-17-20(19-8-4-2-5-9-19)12-13-24(21)26-23(18)14-15-25-22-10-6-3-7-11-22/h2-13,15-17H,14H2,1H3. The van der Waals surface area contributed by atoms with Crippen LogP contribution in [0.5, 0.6) is 0 Å². The highest BCUT2D eigenvalue weighted by Crippen LogP contribution is 2.25. The van der Waals surface area contributed by atoms with E-state index >= 15 is 0 Å². The fraction of sp³-hybridized carbons (Fsp3) is 0.0833. The Balaban J connectivity index is 1.61. The number of nitrogens with zero attached hydrogens (tertiary/aromatic N) is 2. The van der Waals surface area contributed by atoms with Crippen molar-refractivity contribution in [2.24, 2.45) is 4.99 Å². The predicted molar refractivity (Wildman–Crippen MR) is 110 cm³/mol. The third-order valence-corrected chi connectivity index (χ3v) is 4.50. The van der Waals surface area contributed by atoms with Gasteiger partial charge in [-0.3, -0.25) is 9.98 Å². The van der Waals surface area contributed by atoms with Gasteiger partial charge in [0.1, 0.15) is 0 Å². The van der Waals surface area contributed by atoms with E-state index in [0.717, 1.165) is 23.3 Å². The quantitative estimate of drug-likeness (QED) is 0.410. The molecule has 3 aromatic carbocycles. The molecule has 4 rings (SSSR count). The highest BCUT2D eigenvalue weighted by Gasteiger charge is 2.05. The molecule has 0 atom stereocenters. The number of hydrogen-bond donors (Lipinski definition) is 0. The van der Waals surface area contributed by atoms with Crippen LogP contribution in [0.2, 0.25) is 0 Å². The molecule has 0 radical (unpaired) electrons. The summed E-state index contributed by atoms with van der Waals surface area (Å²) < 4.78 is 0. The first kappa shape index (κ1) is 16.2. The predicted octanol–water partition coefficient (Wildman–Crippen LogP) is 6.16. The lowest BCUT2D eigenvalue weighted by molar-refractivity contribution is 1.14. The molecule has 0 aliphatic heterocycles. The molecule has 1 aromatic heterocycles. The zero-order valence-corrected chi connectivity index (χ0v) is 14.8. The van der Waals surface area contributed by atoms with E-state index in [-0.39, 0.29) is 0 Å². The molecule has 0 aliphatic carbocycles. The molecule has 126 valence electrons. The van der Waals surface area contributed by atoms with Crippen LogP contribution in [0.1, 0.15) is 11.3 Å². The van der Waals surface area contributed by atoms with Crippen LogP contribution in [0.4, 0.5) is 5.69 Å². The van der Waals surface area contributed by atoms with Gasteiger partial charge in [-0.1, -0.05) is 54.6 Å². The molecule has 0 spiro atoms. The lowest BCUT2D eigenvalue weighted by Crippen LogP contribution is -1.96. The Labute approximate surface area is 153 Å². The first-order valence-corrected chi connectivity index (χ1v) is 8.83. The van der Waals surface area contributed by atoms with Crippen LogP contribution < -0.4 is 0 Å². The molecule has 0 amide bonds. The van der Waals surface area contributed by atoms with Gasteiger partial charge >= 0.3 is 0 Å². The Morgan fingerprint density at radius 2 is 1.54 bits per heavy atom. The maximum Gasteiger partial charge on any atom is 0.0706 e. The molecule has 0 N–H and O–H groups in total. The molecular formula is C24H20N2. The van der Waals surface area contributed by atoms with Crippen LogP contribution in [0.25, 0.3) is 22.0 Å². The van der Waals surface area contributed by atoms with Crippen LogP contribution in [0, 0.1) is 6.92 Å². The lowest BCUT2D eigenvalue weighted by atomic mass is 10.0. The summed E-state index contributed by atoms with van der Waals surface area (Å²) in [4.78, 5) is 9.36. The normalized spacial score (nSPS) is 11.3. The van der Waals surface area contributed by atoms with Gasteiger partial charge in [-0.25, -0.2) is 0 Å². The Morgan fingerprint density at radius 1 is 0.808 bits per heavy atom. The van der Waals surface area contributed by atoms with Crippen molar-refractivity contribution in [3.05, 3.63) is 96.2 Å². The Bertz CT molecular complexity index is 1050. The van der Waals surface area contributed by atoms with Gasteiger partial charge in [0.2, 0.25) is 0 Å². The van der Waals surface area contributed by atoms with Crippen LogP contribution in [0.15, 0.2) is 89.9 Å². The largest absolute Gasteiger partial charge is 0.261 e. The molecular weight excluding hydrogens is 316 g/mol. The third-order valence-electron chi connectivity index (χ3n) is 4.50. The van der Waals surface area contributed by atoms with Crippen molar-refractivity contribution in [1.82, 2.24) is 4.98 Å². The van der Waals surface area contributed by atoms with Crippen molar-refractivity contribution in [3.8, 4) is 11.1 Å². The van der Waals surface area contributed by atoms with Gasteiger partial charge in [0, 0.05) is 23.7 Å². The van der Waals surface area contributed by atoms with Crippen molar-refractivity contribution in [2.45, 2.75) is 13.3 Å². The SMILES string of the molecule is Cc1cc2cc(-c3ccccc3)ccc2nc1CC=Nc1ccccc1. The highest BCUT2D eigenvalue weighted by atomic mass is 14.7. The number of hydrogen-bond acceptors (Lipinski definition) is 2. The first-order valence-electron chi connectivity index (χ1n) is 8.83. The van der Waals surface area contributed by atoms with Gasteiger partial charge in [-0.2, -0.15) is 0 Å². The maximum atomic E-state index is 4.85. The van der Waals surface area contributed by atoms with Gasteiger partial charge in [0.25, 0.3) is 0 Å². The number of para-hydroxylation sites is 1. The zero-order valence-electron chi connectivity index (χ0n) is 14.8. The average molecular weight is 336 g/mol. The fourth-order valence-corrected chi connectivity index (χ4v) is 3.09. The summed E-state index contributed by atoms with van der Waals surface area (Å²) in [6.45, 7) is 2.12. The van der Waals surface area contributed by atoms with Gasteiger partial charge in [0.15, 0.2) is 0 Å². The molecule has 2 heteroatoms. The summed E-state index contributed by atoms with van der Waals surface area (Å²) in [6, 6.07) is 29.1. The summed E-state index contributed by atoms with van der Waals surface area (Å²) in [6.07, 6.45) is 2.67. The molecule has 0 saturated carbocycles. The Hall–Kier alpha value is -3.26. The molecule has 0 fully saturated rings. The van der Waals surface area contributed by atoms with E-state index in [0.29, 0.717) is 0 Å². The summed E-state index contributed by atoms with van der Waals surface area (Å²) in [5.74, 6) is 0. The minimum Gasteiger partial charge on any atom is -0.261 e. The van der Waals surface area contributed by atoms with Crippen LogP contribution in [0.3, 0.4) is 0 Å². The number of pyridine rings is 1. The van der Waals surface area contributed by atoms with E-state index in [1.54, 1.807) is 0 Å². The van der Waals surface area contributed by atoms with Crippen LogP contribution >= 0.6 is 0 Å². The van der Waals surface area contributed by atoms with Crippen molar-refractivity contribution >= 4 is 22.8 Å². The second-order valence-electron chi connectivity index (χ2n) is 6.38. The summed E-state index contributed by atoms with van der Waals surface area (Å²) in [5, 5.41) is 1.17. The fourth-order valence-electron chi connectivity index (χ4n) is 3.09. The number of rotatable bonds is 4. The van der Waals surface area contributed by atoms with Gasteiger partial charge in [0.05, 0.1) is 11.2 Å².